The van der Waals surface area contributed by atoms with Crippen molar-refractivity contribution in [1.29, 1.82) is 5.26 Å². The predicted molar refractivity (Wildman–Crippen MR) is 67.6 cm³/mol. The number of benzene rings is 1. The third-order valence-electron chi connectivity index (χ3n) is 2.13. The Morgan fingerprint density at radius 2 is 2.33 bits per heavy atom. The van der Waals surface area contributed by atoms with Crippen molar-refractivity contribution in [3.63, 3.8) is 0 Å². The van der Waals surface area contributed by atoms with E-state index in [4.69, 9.17) is 16.9 Å². The molecule has 0 amide bonds. The number of hydrogen-bond donors (Lipinski definition) is 2. The van der Waals surface area contributed by atoms with Gasteiger partial charge in [0, 0.05) is 16.9 Å². The number of aromatic nitrogens is 4. The van der Waals surface area contributed by atoms with Gasteiger partial charge in [-0.05, 0) is 35.9 Å². The Morgan fingerprint density at radius 1 is 1.50 bits per heavy atom. The van der Waals surface area contributed by atoms with Crippen molar-refractivity contribution >= 4 is 22.9 Å². The van der Waals surface area contributed by atoms with Crippen LogP contribution in [-0.2, 0) is 0 Å². The van der Waals surface area contributed by atoms with E-state index in [1.807, 2.05) is 25.1 Å². The van der Waals surface area contributed by atoms with E-state index >= 15 is 0 Å². The van der Waals surface area contributed by atoms with Gasteiger partial charge in [0.1, 0.15) is 11.6 Å². The zero-order valence-corrected chi connectivity index (χ0v) is 10.2. The van der Waals surface area contributed by atoms with Crippen molar-refractivity contribution in [3.8, 4) is 6.07 Å². The van der Waals surface area contributed by atoms with E-state index in [1.165, 1.54) is 6.20 Å². The molecule has 0 spiro atoms. The highest BCUT2D eigenvalue weighted by Gasteiger charge is 2.05. The van der Waals surface area contributed by atoms with Crippen molar-refractivity contribution in [2.24, 2.45) is 0 Å². The van der Waals surface area contributed by atoms with E-state index in [9.17, 15) is 0 Å². The summed E-state index contributed by atoms with van der Waals surface area (Å²) in [5.41, 5.74) is 2.09. The number of halogens is 1. The van der Waals surface area contributed by atoms with Gasteiger partial charge in [-0.1, -0.05) is 11.6 Å². The van der Waals surface area contributed by atoms with Gasteiger partial charge in [-0.2, -0.15) is 10.5 Å². The SMILES string of the molecule is Cc1cc(Cl)cc(NC=C(C#N)c2nn[nH]n2)c1. The molecule has 0 saturated carbocycles. The fourth-order valence-corrected chi connectivity index (χ4v) is 1.69. The lowest BCUT2D eigenvalue weighted by Crippen LogP contribution is -1.93. The van der Waals surface area contributed by atoms with E-state index in [2.05, 4.69) is 25.9 Å². The zero-order chi connectivity index (χ0) is 13.0. The second kappa shape index (κ2) is 5.29. The highest BCUT2D eigenvalue weighted by molar-refractivity contribution is 6.30. The molecule has 2 N–H and O–H groups in total. The predicted octanol–water partition coefficient (Wildman–Crippen LogP) is 2.14. The summed E-state index contributed by atoms with van der Waals surface area (Å²) < 4.78 is 0. The number of nitrogens with one attached hydrogen (secondary N) is 2. The van der Waals surface area contributed by atoms with Crippen LogP contribution in [0.2, 0.25) is 5.02 Å². The fraction of sp³-hybridized carbons (Fsp3) is 0.0909. The van der Waals surface area contributed by atoms with Gasteiger partial charge in [0.2, 0.25) is 5.82 Å². The van der Waals surface area contributed by atoms with Crippen molar-refractivity contribution in [2.45, 2.75) is 6.92 Å². The second-order valence-electron chi connectivity index (χ2n) is 3.57. The maximum absolute atomic E-state index is 8.98. The maximum Gasteiger partial charge on any atom is 0.216 e. The molecule has 0 aliphatic heterocycles. The number of tetrazole rings is 1. The van der Waals surface area contributed by atoms with E-state index in [0.29, 0.717) is 5.02 Å². The molecule has 7 heteroatoms. The van der Waals surface area contributed by atoms with Crippen LogP contribution in [0.4, 0.5) is 5.69 Å². The smallest absolute Gasteiger partial charge is 0.216 e. The highest BCUT2D eigenvalue weighted by atomic mass is 35.5. The number of hydrogen-bond acceptors (Lipinski definition) is 5. The van der Waals surface area contributed by atoms with E-state index in [-0.39, 0.29) is 11.4 Å². The monoisotopic (exact) mass is 260 g/mol. The summed E-state index contributed by atoms with van der Waals surface area (Å²) in [5.74, 6) is 0.240. The third-order valence-corrected chi connectivity index (χ3v) is 2.35. The molecule has 0 bridgehead atoms. The van der Waals surface area contributed by atoms with Crippen molar-refractivity contribution in [3.05, 3.63) is 40.8 Å². The zero-order valence-electron chi connectivity index (χ0n) is 9.48. The van der Waals surface area contributed by atoms with E-state index < -0.39 is 0 Å². The van der Waals surface area contributed by atoms with Gasteiger partial charge in [-0.25, -0.2) is 0 Å². The minimum absolute atomic E-state index is 0.240. The van der Waals surface area contributed by atoms with Gasteiger partial charge in [0.25, 0.3) is 0 Å². The van der Waals surface area contributed by atoms with Crippen LogP contribution in [-0.4, -0.2) is 20.6 Å². The van der Waals surface area contributed by atoms with E-state index in [0.717, 1.165) is 11.3 Å². The minimum Gasteiger partial charge on any atom is -0.360 e. The quantitative estimate of drug-likeness (QED) is 0.825. The Morgan fingerprint density at radius 3 is 2.94 bits per heavy atom. The van der Waals surface area contributed by atoms with Gasteiger partial charge in [0.05, 0.1) is 0 Å². The first-order valence-electron chi connectivity index (χ1n) is 5.07. The first-order valence-corrected chi connectivity index (χ1v) is 5.44. The van der Waals surface area contributed by atoms with Gasteiger partial charge >= 0.3 is 0 Å². The molecule has 1 aromatic carbocycles. The lowest BCUT2D eigenvalue weighted by molar-refractivity contribution is 0.881. The average Bonchev–Trinajstić information content (AvgIpc) is 2.82. The fourth-order valence-electron chi connectivity index (χ4n) is 1.40. The van der Waals surface area contributed by atoms with Crippen LogP contribution in [0.25, 0.3) is 5.57 Å². The van der Waals surface area contributed by atoms with Crippen molar-refractivity contribution in [2.75, 3.05) is 5.32 Å². The van der Waals surface area contributed by atoms with Crippen LogP contribution < -0.4 is 5.32 Å². The number of nitrogens with zero attached hydrogens (tertiary/aromatic N) is 4. The Labute approximate surface area is 108 Å². The minimum atomic E-state index is 0.240. The molecular weight excluding hydrogens is 252 g/mol. The number of anilines is 1. The van der Waals surface area contributed by atoms with Gasteiger partial charge in [-0.15, -0.1) is 10.2 Å². The van der Waals surface area contributed by atoms with Gasteiger partial charge in [0.15, 0.2) is 0 Å². The van der Waals surface area contributed by atoms with Gasteiger partial charge in [-0.3, -0.25) is 0 Å². The van der Waals surface area contributed by atoms with Crippen molar-refractivity contribution < 1.29 is 0 Å². The molecule has 18 heavy (non-hydrogen) atoms. The molecule has 2 rings (SSSR count). The normalized spacial score (nSPS) is 11.1. The molecule has 0 saturated heterocycles. The molecular formula is C11H9ClN6. The number of aromatic amines is 1. The summed E-state index contributed by atoms with van der Waals surface area (Å²) in [7, 11) is 0. The molecule has 1 heterocycles. The largest absolute Gasteiger partial charge is 0.360 e. The first kappa shape index (κ1) is 12.1. The second-order valence-corrected chi connectivity index (χ2v) is 4.00. The molecule has 6 nitrogen and oxygen atoms in total. The molecule has 0 radical (unpaired) electrons. The Bertz CT molecular complexity index is 591. The number of nitriles is 1. The maximum atomic E-state index is 8.98. The van der Waals surface area contributed by atoms with Gasteiger partial charge < -0.3 is 5.32 Å². The van der Waals surface area contributed by atoms with Crippen LogP contribution in [0, 0.1) is 18.3 Å². The summed E-state index contributed by atoms with van der Waals surface area (Å²) in [4.78, 5) is 0. The molecule has 90 valence electrons. The van der Waals surface area contributed by atoms with Crippen LogP contribution in [0.1, 0.15) is 11.4 Å². The molecule has 2 aromatic rings. The summed E-state index contributed by atoms with van der Waals surface area (Å²) >= 11 is 5.93. The molecule has 0 atom stereocenters. The van der Waals surface area contributed by atoms with Crippen molar-refractivity contribution in [1.82, 2.24) is 20.6 Å². The first-order chi connectivity index (χ1) is 8.69. The van der Waals surface area contributed by atoms with E-state index in [1.54, 1.807) is 6.07 Å². The standard InChI is InChI=1S/C11H9ClN6/c1-7-2-9(12)4-10(3-7)14-6-8(5-13)11-15-17-18-16-11/h2-4,6,14H,1H3,(H,15,16,17,18). The highest BCUT2D eigenvalue weighted by Crippen LogP contribution is 2.19. The lowest BCUT2D eigenvalue weighted by atomic mass is 10.2. The molecule has 0 fully saturated rings. The lowest BCUT2D eigenvalue weighted by Gasteiger charge is -2.03. The molecule has 0 unspecified atom stereocenters. The Balaban J connectivity index is 2.21. The summed E-state index contributed by atoms with van der Waals surface area (Å²) in [6.07, 6.45) is 1.51. The average molecular weight is 261 g/mol. The third kappa shape index (κ3) is 2.84. The topological polar surface area (TPSA) is 90.3 Å². The molecule has 1 aromatic heterocycles. The number of aryl methyl sites for hydroxylation is 1. The summed E-state index contributed by atoms with van der Waals surface area (Å²) in [5, 5.41) is 25.7. The number of rotatable bonds is 3. The number of H-pyrrole nitrogens is 1. The molecule has 0 aliphatic carbocycles. The molecule has 0 aliphatic rings. The summed E-state index contributed by atoms with van der Waals surface area (Å²) in [6, 6.07) is 7.50. The Hall–Kier alpha value is -2.39. The van der Waals surface area contributed by atoms with Crippen LogP contribution in [0.3, 0.4) is 0 Å². The number of allylic oxidation sites excluding steroid dienone is 1. The van der Waals surface area contributed by atoms with Crippen LogP contribution in [0.15, 0.2) is 24.4 Å². The Kier molecular flexibility index (Phi) is 3.55. The van der Waals surface area contributed by atoms with Crippen LogP contribution >= 0.6 is 11.6 Å². The van der Waals surface area contributed by atoms with Crippen LogP contribution in [0.5, 0.6) is 0 Å². The summed E-state index contributed by atoms with van der Waals surface area (Å²) in [6.45, 7) is 1.94.